The van der Waals surface area contributed by atoms with E-state index in [9.17, 15) is 0 Å². The van der Waals surface area contributed by atoms with Gasteiger partial charge in [0.1, 0.15) is 24.3 Å². The average molecular weight is 221 g/mol. The van der Waals surface area contributed by atoms with Crippen LogP contribution < -0.4 is 5.32 Å². The summed E-state index contributed by atoms with van der Waals surface area (Å²) < 4.78 is 0. The summed E-state index contributed by atoms with van der Waals surface area (Å²) in [4.78, 5) is 0. The van der Waals surface area contributed by atoms with Crippen molar-refractivity contribution in [2.24, 2.45) is 0 Å². The molecule has 0 radical (unpaired) electrons. The van der Waals surface area contributed by atoms with Gasteiger partial charge in [0, 0.05) is 5.70 Å². The van der Waals surface area contributed by atoms with Crippen LogP contribution in [0.4, 0.5) is 0 Å². The first kappa shape index (κ1) is 12.1. The van der Waals surface area contributed by atoms with Gasteiger partial charge < -0.3 is 5.32 Å². The number of rotatable bonds is 0. The molecular weight excluding hydrogens is 214 g/mol. The van der Waals surface area contributed by atoms with Gasteiger partial charge in [0.2, 0.25) is 0 Å². The number of nitrogens with one attached hydrogen (secondary N) is 1. The van der Waals surface area contributed by atoms with Crippen LogP contribution in [0.15, 0.2) is 33.7 Å². The molecule has 0 saturated carbocycles. The summed E-state index contributed by atoms with van der Waals surface area (Å²) in [6, 6.07) is 7.19. The van der Waals surface area contributed by atoms with Crippen LogP contribution in [0.25, 0.3) is 0 Å². The zero-order valence-electron chi connectivity index (χ0n) is 9.29. The Balaban J connectivity index is 3.69. The second-order valence-electron chi connectivity index (χ2n) is 3.32. The van der Waals surface area contributed by atoms with Gasteiger partial charge in [-0.3, -0.25) is 0 Å². The number of dihydropyridines is 1. The summed E-state index contributed by atoms with van der Waals surface area (Å²) in [5.41, 5.74) is 1.43. The number of hydrogen-bond donors (Lipinski definition) is 1. The van der Waals surface area contributed by atoms with Crippen LogP contribution in [0.2, 0.25) is 0 Å². The molecule has 5 nitrogen and oxygen atoms in total. The minimum atomic E-state index is -0.207. The molecule has 80 valence electrons. The van der Waals surface area contributed by atoms with Crippen LogP contribution >= 0.6 is 0 Å². The van der Waals surface area contributed by atoms with Gasteiger partial charge in [-0.15, -0.1) is 0 Å². The standard InChI is InChI=1S/C12H7N5/c1-7-8(2)17-12(9(3-13)4-14)11(6-16)10(7)5-15/h17H,1-2H3. The summed E-state index contributed by atoms with van der Waals surface area (Å²) in [5, 5.41) is 38.5. The SMILES string of the molecule is CC1=C(C)C(C#N)=C(C#N)C(=C(C#N)C#N)N1. The Morgan fingerprint density at radius 3 is 1.88 bits per heavy atom. The van der Waals surface area contributed by atoms with Gasteiger partial charge in [-0.2, -0.15) is 21.0 Å². The topological polar surface area (TPSA) is 107 Å². The third kappa shape index (κ3) is 1.86. The first-order valence-electron chi connectivity index (χ1n) is 4.64. The molecule has 0 fully saturated rings. The lowest BCUT2D eigenvalue weighted by molar-refractivity contribution is 0.929. The number of nitriles is 4. The Labute approximate surface area is 98.8 Å². The van der Waals surface area contributed by atoms with Gasteiger partial charge in [-0.25, -0.2) is 0 Å². The third-order valence-electron chi connectivity index (χ3n) is 2.45. The first-order valence-corrected chi connectivity index (χ1v) is 4.64. The number of nitrogens with zero attached hydrogens (tertiary/aromatic N) is 4. The Morgan fingerprint density at radius 1 is 0.941 bits per heavy atom. The summed E-state index contributed by atoms with van der Waals surface area (Å²) >= 11 is 0. The van der Waals surface area contributed by atoms with Gasteiger partial charge in [-0.1, -0.05) is 0 Å². The Kier molecular flexibility index (Phi) is 3.31. The lowest BCUT2D eigenvalue weighted by atomic mass is 9.93. The van der Waals surface area contributed by atoms with E-state index in [1.807, 2.05) is 12.1 Å². The maximum atomic E-state index is 9.03. The van der Waals surface area contributed by atoms with Gasteiger partial charge in [0.15, 0.2) is 5.57 Å². The number of allylic oxidation sites excluding steroid dienone is 5. The minimum absolute atomic E-state index is 0.0358. The molecule has 0 bridgehead atoms. The summed E-state index contributed by atoms with van der Waals surface area (Å²) in [6.07, 6.45) is 0. The van der Waals surface area contributed by atoms with Crippen LogP contribution in [0.3, 0.4) is 0 Å². The fourth-order valence-corrected chi connectivity index (χ4v) is 1.42. The second-order valence-corrected chi connectivity index (χ2v) is 3.32. The molecule has 0 aliphatic carbocycles. The molecule has 1 heterocycles. The van der Waals surface area contributed by atoms with E-state index in [1.54, 1.807) is 26.0 Å². The van der Waals surface area contributed by atoms with E-state index in [4.69, 9.17) is 21.0 Å². The van der Waals surface area contributed by atoms with E-state index < -0.39 is 0 Å². The molecule has 0 aromatic heterocycles. The highest BCUT2D eigenvalue weighted by molar-refractivity contribution is 5.65. The van der Waals surface area contributed by atoms with E-state index in [0.717, 1.165) is 0 Å². The van der Waals surface area contributed by atoms with Gasteiger partial charge in [-0.05, 0) is 19.4 Å². The molecule has 5 heteroatoms. The molecule has 0 amide bonds. The molecule has 17 heavy (non-hydrogen) atoms. The molecule has 0 saturated heterocycles. The zero-order chi connectivity index (χ0) is 13.0. The van der Waals surface area contributed by atoms with Crippen molar-refractivity contribution >= 4 is 0 Å². The lowest BCUT2D eigenvalue weighted by Gasteiger charge is -2.20. The molecule has 0 aromatic carbocycles. The summed E-state index contributed by atoms with van der Waals surface area (Å²) in [6.45, 7) is 3.42. The van der Waals surface area contributed by atoms with Gasteiger partial charge in [0.25, 0.3) is 0 Å². The molecule has 0 spiro atoms. The third-order valence-corrected chi connectivity index (χ3v) is 2.45. The van der Waals surface area contributed by atoms with Crippen molar-refractivity contribution in [2.75, 3.05) is 0 Å². The lowest BCUT2D eigenvalue weighted by Crippen LogP contribution is -2.21. The molecule has 0 atom stereocenters. The smallest absolute Gasteiger partial charge is 0.154 e. The summed E-state index contributed by atoms with van der Waals surface area (Å²) in [7, 11) is 0. The van der Waals surface area contributed by atoms with E-state index in [-0.39, 0.29) is 22.4 Å². The molecule has 1 aliphatic heterocycles. The van der Waals surface area contributed by atoms with E-state index in [2.05, 4.69) is 5.32 Å². The average Bonchev–Trinajstić information content (AvgIpc) is 2.34. The highest BCUT2D eigenvalue weighted by Crippen LogP contribution is 2.27. The quantitative estimate of drug-likeness (QED) is 0.624. The maximum absolute atomic E-state index is 9.03. The van der Waals surface area contributed by atoms with E-state index >= 15 is 0 Å². The normalized spacial score (nSPS) is 14.1. The van der Waals surface area contributed by atoms with Crippen LogP contribution in [0.1, 0.15) is 13.8 Å². The predicted octanol–water partition coefficient (Wildman–Crippen LogP) is 1.53. The van der Waals surface area contributed by atoms with Crippen molar-refractivity contribution in [3.8, 4) is 24.3 Å². The van der Waals surface area contributed by atoms with E-state index in [1.165, 1.54) is 0 Å². The monoisotopic (exact) mass is 221 g/mol. The van der Waals surface area contributed by atoms with Gasteiger partial charge in [0.05, 0.1) is 16.8 Å². The molecule has 1 aliphatic rings. The first-order chi connectivity index (χ1) is 8.10. The zero-order valence-corrected chi connectivity index (χ0v) is 9.29. The predicted molar refractivity (Wildman–Crippen MR) is 58.0 cm³/mol. The Morgan fingerprint density at radius 2 is 1.47 bits per heavy atom. The fraction of sp³-hybridized carbons (Fsp3) is 0.167. The fourth-order valence-electron chi connectivity index (χ4n) is 1.42. The molecular formula is C12H7N5. The largest absolute Gasteiger partial charge is 0.356 e. The van der Waals surface area contributed by atoms with Crippen molar-refractivity contribution in [3.63, 3.8) is 0 Å². The van der Waals surface area contributed by atoms with E-state index in [0.29, 0.717) is 11.3 Å². The maximum Gasteiger partial charge on any atom is 0.154 e. The highest BCUT2D eigenvalue weighted by atomic mass is 14.9. The molecule has 0 unspecified atom stereocenters. The molecule has 1 N–H and O–H groups in total. The Hall–Kier alpha value is -3.02. The number of hydrogen-bond acceptors (Lipinski definition) is 5. The van der Waals surface area contributed by atoms with Crippen LogP contribution in [0.5, 0.6) is 0 Å². The van der Waals surface area contributed by atoms with Crippen molar-refractivity contribution < 1.29 is 0 Å². The van der Waals surface area contributed by atoms with Crippen LogP contribution in [-0.2, 0) is 0 Å². The molecule has 1 rings (SSSR count). The highest BCUT2D eigenvalue weighted by Gasteiger charge is 2.23. The van der Waals surface area contributed by atoms with Crippen molar-refractivity contribution in [1.82, 2.24) is 5.32 Å². The Bertz CT molecular complexity index is 616. The van der Waals surface area contributed by atoms with Crippen molar-refractivity contribution in [2.45, 2.75) is 13.8 Å². The second kappa shape index (κ2) is 4.67. The van der Waals surface area contributed by atoms with Gasteiger partial charge >= 0.3 is 0 Å². The molecule has 0 aromatic rings. The minimum Gasteiger partial charge on any atom is -0.356 e. The van der Waals surface area contributed by atoms with Crippen molar-refractivity contribution in [1.29, 1.82) is 21.0 Å². The summed E-state index contributed by atoms with van der Waals surface area (Å²) in [5.74, 6) is 0. The van der Waals surface area contributed by atoms with Crippen LogP contribution in [0, 0.1) is 45.3 Å². The van der Waals surface area contributed by atoms with Crippen LogP contribution in [-0.4, -0.2) is 0 Å². The van der Waals surface area contributed by atoms with Crippen molar-refractivity contribution in [3.05, 3.63) is 33.7 Å².